The Morgan fingerprint density at radius 2 is 1.74 bits per heavy atom. The summed E-state index contributed by atoms with van der Waals surface area (Å²) in [6.45, 7) is 2.60. The van der Waals surface area contributed by atoms with Crippen molar-refractivity contribution in [2.24, 2.45) is 13.0 Å². The zero-order chi connectivity index (χ0) is 22.0. The van der Waals surface area contributed by atoms with E-state index in [0.717, 1.165) is 73.2 Å². The van der Waals surface area contributed by atoms with Gasteiger partial charge in [-0.25, -0.2) is 4.79 Å². The lowest BCUT2D eigenvalue weighted by atomic mass is 9.90. The molecule has 2 fully saturated rings. The van der Waals surface area contributed by atoms with E-state index >= 15 is 0 Å². The first-order chi connectivity index (χ1) is 14.9. The number of nitrogens with zero attached hydrogens (tertiary/aromatic N) is 3. The van der Waals surface area contributed by atoms with Gasteiger partial charge in [-0.15, -0.1) is 0 Å². The van der Waals surface area contributed by atoms with E-state index in [9.17, 15) is 9.59 Å². The molecule has 5 nitrogen and oxygen atoms in total. The SMILES string of the molecule is Cn1c(CN2CCC(Cc3cc(Cl)ccc3Br)CC2)cc(=O)n(C2CCCCC2)c1=O. The lowest BCUT2D eigenvalue weighted by Crippen LogP contribution is -2.44. The fraction of sp³-hybridized carbons (Fsp3) is 0.583. The number of likely N-dealkylation sites (tertiary alicyclic amines) is 1. The summed E-state index contributed by atoms with van der Waals surface area (Å²) in [7, 11) is 1.81. The maximum absolute atomic E-state index is 13.0. The molecule has 1 aromatic carbocycles. The van der Waals surface area contributed by atoms with Gasteiger partial charge in [0.1, 0.15) is 0 Å². The maximum Gasteiger partial charge on any atom is 0.331 e. The van der Waals surface area contributed by atoms with Crippen LogP contribution in [-0.2, 0) is 20.0 Å². The summed E-state index contributed by atoms with van der Waals surface area (Å²) in [5, 5.41) is 0.777. The molecule has 0 amide bonds. The van der Waals surface area contributed by atoms with Crippen LogP contribution < -0.4 is 11.2 Å². The quantitative estimate of drug-likeness (QED) is 0.576. The second kappa shape index (κ2) is 10.1. The molecule has 2 heterocycles. The molecule has 2 aliphatic rings. The number of halogens is 2. The third-order valence-corrected chi connectivity index (χ3v) is 8.01. The standard InChI is InChI=1S/C24H31BrClN3O2/c1-27-21(15-23(30)29(24(27)31)20-5-3-2-4-6-20)16-28-11-9-17(10-12-28)13-18-14-19(26)7-8-22(18)25/h7-8,14-15,17,20H,2-6,9-13,16H2,1H3. The fourth-order valence-electron chi connectivity index (χ4n) is 5.10. The molecule has 2 aromatic rings. The largest absolute Gasteiger partial charge is 0.331 e. The van der Waals surface area contributed by atoms with Gasteiger partial charge >= 0.3 is 5.69 Å². The number of hydrogen-bond donors (Lipinski definition) is 0. The lowest BCUT2D eigenvalue weighted by molar-refractivity contribution is 0.172. The Kier molecular flexibility index (Phi) is 7.40. The molecule has 0 atom stereocenters. The second-order valence-corrected chi connectivity index (χ2v) is 10.4. The summed E-state index contributed by atoms with van der Waals surface area (Å²) in [6, 6.07) is 7.73. The van der Waals surface area contributed by atoms with Crippen molar-refractivity contribution in [2.75, 3.05) is 13.1 Å². The number of aromatic nitrogens is 2. The summed E-state index contributed by atoms with van der Waals surface area (Å²) in [6.07, 6.45) is 8.50. The number of rotatable bonds is 5. The molecule has 4 rings (SSSR count). The minimum absolute atomic E-state index is 0.0653. The first kappa shape index (κ1) is 22.8. The Labute approximate surface area is 197 Å². The van der Waals surface area contributed by atoms with Crippen LogP contribution in [-0.4, -0.2) is 27.1 Å². The van der Waals surface area contributed by atoms with Crippen LogP contribution in [0.1, 0.15) is 62.2 Å². The smallest absolute Gasteiger partial charge is 0.299 e. The molecule has 1 aromatic heterocycles. The van der Waals surface area contributed by atoms with Crippen LogP contribution in [0.5, 0.6) is 0 Å². The number of hydrogen-bond acceptors (Lipinski definition) is 3. The van der Waals surface area contributed by atoms with Gasteiger partial charge in [-0.1, -0.05) is 46.8 Å². The van der Waals surface area contributed by atoms with Crippen LogP contribution in [0.2, 0.25) is 5.02 Å². The molecule has 0 radical (unpaired) electrons. The van der Waals surface area contributed by atoms with E-state index in [1.165, 1.54) is 16.6 Å². The van der Waals surface area contributed by atoms with Gasteiger partial charge < -0.3 is 0 Å². The zero-order valence-electron chi connectivity index (χ0n) is 18.2. The molecule has 1 aliphatic carbocycles. The summed E-state index contributed by atoms with van der Waals surface area (Å²) in [5.41, 5.74) is 1.79. The van der Waals surface area contributed by atoms with Gasteiger partial charge in [0.2, 0.25) is 0 Å². The van der Waals surface area contributed by atoms with E-state index in [4.69, 9.17) is 11.6 Å². The zero-order valence-corrected chi connectivity index (χ0v) is 20.5. The van der Waals surface area contributed by atoms with Gasteiger partial charge in [0.05, 0.1) is 0 Å². The maximum atomic E-state index is 13.0. The van der Waals surface area contributed by atoms with E-state index in [1.54, 1.807) is 17.7 Å². The van der Waals surface area contributed by atoms with E-state index < -0.39 is 0 Å². The van der Waals surface area contributed by atoms with Gasteiger partial charge in [0.15, 0.2) is 0 Å². The Morgan fingerprint density at radius 1 is 1.03 bits per heavy atom. The van der Waals surface area contributed by atoms with Crippen molar-refractivity contribution in [3.05, 3.63) is 65.9 Å². The Morgan fingerprint density at radius 3 is 2.45 bits per heavy atom. The third kappa shape index (κ3) is 5.35. The summed E-state index contributed by atoms with van der Waals surface area (Å²) >= 11 is 9.80. The van der Waals surface area contributed by atoms with E-state index in [2.05, 4.69) is 26.9 Å². The molecule has 0 N–H and O–H groups in total. The summed E-state index contributed by atoms with van der Waals surface area (Å²) < 4.78 is 4.30. The van der Waals surface area contributed by atoms with Crippen LogP contribution in [0.25, 0.3) is 0 Å². The van der Waals surface area contributed by atoms with Crippen molar-refractivity contribution in [3.63, 3.8) is 0 Å². The molecule has 1 aliphatic heterocycles. The first-order valence-electron chi connectivity index (χ1n) is 11.4. The van der Waals surface area contributed by atoms with Crippen LogP contribution in [0.4, 0.5) is 0 Å². The van der Waals surface area contributed by atoms with Crippen molar-refractivity contribution in [2.45, 2.75) is 64.0 Å². The highest BCUT2D eigenvalue weighted by molar-refractivity contribution is 9.10. The van der Waals surface area contributed by atoms with Crippen LogP contribution >= 0.6 is 27.5 Å². The highest BCUT2D eigenvalue weighted by Gasteiger charge is 2.23. The van der Waals surface area contributed by atoms with Crippen LogP contribution in [0.15, 0.2) is 38.3 Å². The number of benzene rings is 1. The highest BCUT2D eigenvalue weighted by Crippen LogP contribution is 2.29. The van der Waals surface area contributed by atoms with E-state index in [-0.39, 0.29) is 17.3 Å². The monoisotopic (exact) mass is 507 g/mol. The van der Waals surface area contributed by atoms with Gasteiger partial charge in [-0.05, 0) is 74.9 Å². The van der Waals surface area contributed by atoms with Crippen LogP contribution in [0, 0.1) is 5.92 Å². The predicted octanol–water partition coefficient (Wildman–Crippen LogP) is 4.92. The number of piperidine rings is 1. The Hall–Kier alpha value is -1.37. The van der Waals surface area contributed by atoms with E-state index in [0.29, 0.717) is 12.5 Å². The minimum atomic E-state index is -0.157. The molecule has 0 unspecified atom stereocenters. The summed E-state index contributed by atoms with van der Waals surface area (Å²) in [4.78, 5) is 28.1. The van der Waals surface area contributed by atoms with Gasteiger partial charge in [0.25, 0.3) is 5.56 Å². The molecule has 168 valence electrons. The average Bonchev–Trinajstić information content (AvgIpc) is 2.76. The van der Waals surface area contributed by atoms with Crippen molar-refractivity contribution in [1.29, 1.82) is 0 Å². The normalized spacial score (nSPS) is 19.1. The average molecular weight is 509 g/mol. The minimum Gasteiger partial charge on any atom is -0.299 e. The Bertz CT molecular complexity index is 1030. The predicted molar refractivity (Wildman–Crippen MR) is 129 cm³/mol. The third-order valence-electron chi connectivity index (χ3n) is 7.00. The summed E-state index contributed by atoms with van der Waals surface area (Å²) in [5.74, 6) is 0.620. The molecular formula is C24H31BrClN3O2. The van der Waals surface area contributed by atoms with Gasteiger partial charge in [-0.2, -0.15) is 0 Å². The Balaban J connectivity index is 1.40. The first-order valence-corrected chi connectivity index (χ1v) is 12.6. The molecule has 1 saturated heterocycles. The van der Waals surface area contributed by atoms with Crippen molar-refractivity contribution < 1.29 is 0 Å². The van der Waals surface area contributed by atoms with E-state index in [1.807, 2.05) is 12.1 Å². The van der Waals surface area contributed by atoms with Crippen molar-refractivity contribution in [1.82, 2.24) is 14.0 Å². The molecule has 0 spiro atoms. The highest BCUT2D eigenvalue weighted by atomic mass is 79.9. The van der Waals surface area contributed by atoms with Crippen molar-refractivity contribution in [3.8, 4) is 0 Å². The molecule has 31 heavy (non-hydrogen) atoms. The van der Waals surface area contributed by atoms with Gasteiger partial charge in [0, 0.05) is 40.9 Å². The van der Waals surface area contributed by atoms with Gasteiger partial charge in [-0.3, -0.25) is 18.8 Å². The molecule has 1 saturated carbocycles. The topological polar surface area (TPSA) is 47.2 Å². The molecular weight excluding hydrogens is 478 g/mol. The van der Waals surface area contributed by atoms with Crippen LogP contribution in [0.3, 0.4) is 0 Å². The lowest BCUT2D eigenvalue weighted by Gasteiger charge is -2.32. The molecule has 7 heteroatoms. The fourth-order valence-corrected chi connectivity index (χ4v) is 5.71. The molecule has 0 bridgehead atoms. The second-order valence-electron chi connectivity index (χ2n) is 9.14. The van der Waals surface area contributed by atoms with Crippen molar-refractivity contribution >= 4 is 27.5 Å².